The minimum Gasteiger partial charge on any atom is -0.273 e. The molecule has 1 amide bonds. The number of aryl methyl sites for hydroxylation is 1. The summed E-state index contributed by atoms with van der Waals surface area (Å²) in [7, 11) is 0. The lowest BCUT2D eigenvalue weighted by Gasteiger charge is -2.13. The normalized spacial score (nSPS) is 10.8. The molecule has 1 N–H and O–H groups in total. The molecular formula is C18H16ClN3O2. The number of aromatic nitrogens is 2. The van der Waals surface area contributed by atoms with E-state index in [0.29, 0.717) is 28.2 Å². The molecule has 0 saturated carbocycles. The van der Waals surface area contributed by atoms with E-state index in [1.807, 2.05) is 37.3 Å². The van der Waals surface area contributed by atoms with E-state index in [9.17, 15) is 9.59 Å². The van der Waals surface area contributed by atoms with Crippen molar-refractivity contribution in [3.05, 3.63) is 75.3 Å². The number of amides is 1. The first-order valence-electron chi connectivity index (χ1n) is 7.63. The van der Waals surface area contributed by atoms with Crippen LogP contribution in [0.5, 0.6) is 0 Å². The van der Waals surface area contributed by atoms with Gasteiger partial charge in [-0.2, -0.15) is 0 Å². The van der Waals surface area contributed by atoms with Gasteiger partial charge in [-0.25, -0.2) is 9.66 Å². The number of hydrogen-bond donors (Lipinski definition) is 1. The van der Waals surface area contributed by atoms with Crippen molar-refractivity contribution >= 4 is 28.4 Å². The Hall–Kier alpha value is -2.66. The molecule has 24 heavy (non-hydrogen) atoms. The standard InChI is InChI=1S/C18H16ClN3O2/c1-2-16-20-15-11-13(19)8-9-14(15)18(24)22(16)21-17(23)10-12-6-4-3-5-7-12/h3-9,11H,2,10H2,1H3,(H,21,23). The molecule has 0 fully saturated rings. The van der Waals surface area contributed by atoms with Crippen LogP contribution in [0.25, 0.3) is 10.9 Å². The van der Waals surface area contributed by atoms with Crippen molar-refractivity contribution in [2.75, 3.05) is 5.43 Å². The summed E-state index contributed by atoms with van der Waals surface area (Å²) in [5.41, 5.74) is 3.75. The van der Waals surface area contributed by atoms with Crippen LogP contribution >= 0.6 is 11.6 Å². The first-order chi connectivity index (χ1) is 11.6. The number of nitrogens with one attached hydrogen (secondary N) is 1. The van der Waals surface area contributed by atoms with Gasteiger partial charge in [0.1, 0.15) is 5.82 Å². The highest BCUT2D eigenvalue weighted by molar-refractivity contribution is 6.31. The zero-order valence-corrected chi connectivity index (χ0v) is 13.9. The zero-order valence-electron chi connectivity index (χ0n) is 13.1. The third-order valence-corrected chi connectivity index (χ3v) is 3.90. The SMILES string of the molecule is CCc1nc2cc(Cl)ccc2c(=O)n1NC(=O)Cc1ccccc1. The van der Waals surface area contributed by atoms with Gasteiger partial charge >= 0.3 is 0 Å². The smallest absolute Gasteiger partial charge is 0.273 e. The highest BCUT2D eigenvalue weighted by Crippen LogP contribution is 2.15. The Kier molecular flexibility index (Phi) is 4.62. The molecule has 3 rings (SSSR count). The number of hydrogen-bond acceptors (Lipinski definition) is 3. The number of fused-ring (bicyclic) bond motifs is 1. The molecule has 0 aliphatic rings. The second-order valence-corrected chi connectivity index (χ2v) is 5.82. The van der Waals surface area contributed by atoms with Crippen LogP contribution in [0.1, 0.15) is 18.3 Å². The Morgan fingerprint density at radius 1 is 1.21 bits per heavy atom. The predicted octanol–water partition coefficient (Wildman–Crippen LogP) is 2.93. The first-order valence-corrected chi connectivity index (χ1v) is 8.01. The van der Waals surface area contributed by atoms with E-state index in [4.69, 9.17) is 11.6 Å². The van der Waals surface area contributed by atoms with Crippen LogP contribution in [0.15, 0.2) is 53.3 Å². The summed E-state index contributed by atoms with van der Waals surface area (Å²) in [5, 5.41) is 0.930. The molecule has 0 saturated heterocycles. The second-order valence-electron chi connectivity index (χ2n) is 5.38. The molecule has 2 aromatic carbocycles. The fourth-order valence-corrected chi connectivity index (χ4v) is 2.67. The third kappa shape index (κ3) is 3.31. The maximum Gasteiger partial charge on any atom is 0.280 e. The molecule has 6 heteroatoms. The molecule has 1 heterocycles. The molecule has 0 unspecified atom stereocenters. The molecule has 0 bridgehead atoms. The monoisotopic (exact) mass is 341 g/mol. The van der Waals surface area contributed by atoms with Gasteiger partial charge in [-0.1, -0.05) is 48.9 Å². The Morgan fingerprint density at radius 3 is 2.67 bits per heavy atom. The Bertz CT molecular complexity index is 952. The maximum atomic E-state index is 12.7. The average molecular weight is 342 g/mol. The van der Waals surface area contributed by atoms with Crippen molar-refractivity contribution in [3.63, 3.8) is 0 Å². The van der Waals surface area contributed by atoms with E-state index in [0.717, 1.165) is 5.56 Å². The van der Waals surface area contributed by atoms with Gasteiger partial charge in [-0.05, 0) is 23.8 Å². The summed E-state index contributed by atoms with van der Waals surface area (Å²) in [6.07, 6.45) is 0.693. The van der Waals surface area contributed by atoms with Crippen molar-refractivity contribution in [1.82, 2.24) is 9.66 Å². The third-order valence-electron chi connectivity index (χ3n) is 3.66. The molecule has 122 valence electrons. The largest absolute Gasteiger partial charge is 0.280 e. The van der Waals surface area contributed by atoms with Gasteiger partial charge in [0.15, 0.2) is 0 Å². The lowest BCUT2D eigenvalue weighted by Crippen LogP contribution is -2.37. The Labute approximate surface area is 143 Å². The summed E-state index contributed by atoms with van der Waals surface area (Å²) < 4.78 is 1.22. The summed E-state index contributed by atoms with van der Waals surface area (Å²) in [6, 6.07) is 14.3. The van der Waals surface area contributed by atoms with Crippen LogP contribution in [0.3, 0.4) is 0 Å². The molecule has 0 spiro atoms. The summed E-state index contributed by atoms with van der Waals surface area (Å²) in [5.74, 6) is 0.212. The fraction of sp³-hybridized carbons (Fsp3) is 0.167. The van der Waals surface area contributed by atoms with Crippen molar-refractivity contribution in [1.29, 1.82) is 0 Å². The minimum atomic E-state index is -0.310. The number of carbonyl (C=O) groups excluding carboxylic acids is 1. The van der Waals surface area contributed by atoms with Crippen LogP contribution in [0.2, 0.25) is 5.02 Å². The van der Waals surface area contributed by atoms with Gasteiger partial charge in [-0.15, -0.1) is 0 Å². The molecule has 0 aliphatic heterocycles. The number of rotatable bonds is 4. The van der Waals surface area contributed by atoms with Gasteiger partial charge in [0.2, 0.25) is 5.91 Å². The van der Waals surface area contributed by atoms with Gasteiger partial charge in [0.25, 0.3) is 5.56 Å². The van der Waals surface area contributed by atoms with Gasteiger partial charge in [0, 0.05) is 11.4 Å². The van der Waals surface area contributed by atoms with E-state index in [-0.39, 0.29) is 17.9 Å². The van der Waals surface area contributed by atoms with Crippen LogP contribution in [-0.2, 0) is 17.6 Å². The zero-order chi connectivity index (χ0) is 17.1. The van der Waals surface area contributed by atoms with Gasteiger partial charge < -0.3 is 0 Å². The molecule has 3 aromatic rings. The molecule has 0 aliphatic carbocycles. The summed E-state index contributed by atoms with van der Waals surface area (Å²) in [6.45, 7) is 1.87. The van der Waals surface area contributed by atoms with E-state index >= 15 is 0 Å². The number of nitrogens with zero attached hydrogens (tertiary/aromatic N) is 2. The predicted molar refractivity (Wildman–Crippen MR) is 94.9 cm³/mol. The Balaban J connectivity index is 1.96. The highest BCUT2D eigenvalue weighted by Gasteiger charge is 2.13. The minimum absolute atomic E-state index is 0.190. The van der Waals surface area contributed by atoms with Crippen LogP contribution in [0, 0.1) is 0 Å². The lowest BCUT2D eigenvalue weighted by atomic mass is 10.1. The molecule has 5 nitrogen and oxygen atoms in total. The quantitative estimate of drug-likeness (QED) is 0.793. The van der Waals surface area contributed by atoms with E-state index in [1.165, 1.54) is 4.68 Å². The van der Waals surface area contributed by atoms with Gasteiger partial charge in [0.05, 0.1) is 17.3 Å². The molecule has 1 aromatic heterocycles. The topological polar surface area (TPSA) is 64.0 Å². The second kappa shape index (κ2) is 6.84. The van der Waals surface area contributed by atoms with Crippen LogP contribution in [-0.4, -0.2) is 15.6 Å². The van der Waals surface area contributed by atoms with Crippen molar-refractivity contribution in [3.8, 4) is 0 Å². The Morgan fingerprint density at radius 2 is 1.96 bits per heavy atom. The van der Waals surface area contributed by atoms with Crippen molar-refractivity contribution < 1.29 is 4.79 Å². The summed E-state index contributed by atoms with van der Waals surface area (Å²) in [4.78, 5) is 29.4. The van der Waals surface area contributed by atoms with Crippen molar-refractivity contribution in [2.24, 2.45) is 0 Å². The molecular weight excluding hydrogens is 326 g/mol. The highest BCUT2D eigenvalue weighted by atomic mass is 35.5. The first kappa shape index (κ1) is 16.2. The summed E-state index contributed by atoms with van der Waals surface area (Å²) >= 11 is 5.96. The van der Waals surface area contributed by atoms with Gasteiger partial charge in [-0.3, -0.25) is 15.0 Å². The van der Waals surface area contributed by atoms with E-state index in [2.05, 4.69) is 10.4 Å². The van der Waals surface area contributed by atoms with E-state index in [1.54, 1.807) is 18.2 Å². The lowest BCUT2D eigenvalue weighted by molar-refractivity contribution is -0.116. The van der Waals surface area contributed by atoms with Crippen LogP contribution < -0.4 is 11.0 Å². The number of carbonyl (C=O) groups is 1. The van der Waals surface area contributed by atoms with Crippen LogP contribution in [0.4, 0.5) is 0 Å². The average Bonchev–Trinajstić information content (AvgIpc) is 2.58. The number of benzene rings is 2. The molecule has 0 radical (unpaired) electrons. The maximum absolute atomic E-state index is 12.7. The van der Waals surface area contributed by atoms with Crippen molar-refractivity contribution in [2.45, 2.75) is 19.8 Å². The molecule has 0 atom stereocenters. The van der Waals surface area contributed by atoms with E-state index < -0.39 is 0 Å². The fourth-order valence-electron chi connectivity index (χ4n) is 2.50. The number of halogens is 1.